The van der Waals surface area contributed by atoms with Crippen LogP contribution < -0.4 is 4.74 Å². The van der Waals surface area contributed by atoms with Crippen molar-refractivity contribution in [3.63, 3.8) is 0 Å². The first-order valence-electron chi connectivity index (χ1n) is 11.4. The van der Waals surface area contributed by atoms with Crippen molar-refractivity contribution in [3.8, 4) is 11.6 Å². The highest BCUT2D eigenvalue weighted by molar-refractivity contribution is 5.67. The van der Waals surface area contributed by atoms with Crippen molar-refractivity contribution >= 4 is 6.09 Å². The first kappa shape index (κ1) is 20.6. The number of piperidine rings is 1. The van der Waals surface area contributed by atoms with Crippen molar-refractivity contribution in [2.24, 2.45) is 17.8 Å². The number of likely N-dealkylation sites (tertiary alicyclic amines) is 1. The van der Waals surface area contributed by atoms with Gasteiger partial charge in [0.15, 0.2) is 0 Å². The Bertz CT molecular complexity index is 983. The van der Waals surface area contributed by atoms with Gasteiger partial charge in [0.05, 0.1) is 18.5 Å². The number of carbonyl (C=O) groups is 1. The molecule has 8 heteroatoms. The third kappa shape index (κ3) is 4.95. The summed E-state index contributed by atoms with van der Waals surface area (Å²) >= 11 is 0. The highest BCUT2D eigenvalue weighted by atomic mass is 16.6. The molecule has 1 aliphatic carbocycles. The first-order valence-corrected chi connectivity index (χ1v) is 11.4. The fourth-order valence-corrected chi connectivity index (χ4v) is 4.66. The second-order valence-corrected chi connectivity index (χ2v) is 8.73. The average molecular weight is 436 g/mol. The zero-order valence-corrected chi connectivity index (χ0v) is 18.1. The molecule has 1 saturated heterocycles. The Labute approximate surface area is 187 Å². The van der Waals surface area contributed by atoms with Gasteiger partial charge in [0.1, 0.15) is 12.9 Å². The van der Waals surface area contributed by atoms with Gasteiger partial charge < -0.3 is 14.4 Å². The molecule has 1 amide bonds. The molecule has 0 radical (unpaired) electrons. The summed E-state index contributed by atoms with van der Waals surface area (Å²) in [5, 5.41) is 6.62. The number of hydrogen-bond acceptors (Lipinski definition) is 5. The number of hydrogen-bond donors (Lipinski definition) is 1. The van der Waals surface area contributed by atoms with Gasteiger partial charge in [0.25, 0.3) is 0 Å². The van der Waals surface area contributed by atoms with E-state index in [2.05, 4.69) is 15.3 Å². The fraction of sp³-hybridized carbons (Fsp3) is 0.458. The highest BCUT2D eigenvalue weighted by Gasteiger charge is 2.43. The average Bonchev–Trinajstić information content (AvgIpc) is 3.58. The van der Waals surface area contributed by atoms with Crippen LogP contribution in [0.25, 0.3) is 5.69 Å². The number of carbonyl (C=O) groups excluding carboxylic acids is 1. The van der Waals surface area contributed by atoms with Crippen molar-refractivity contribution in [1.82, 2.24) is 24.9 Å². The maximum atomic E-state index is 12.4. The summed E-state index contributed by atoms with van der Waals surface area (Å²) in [6, 6.07) is 13.7. The normalized spacial score (nSPS) is 20.8. The number of aromatic nitrogens is 4. The van der Waals surface area contributed by atoms with Crippen molar-refractivity contribution in [1.29, 1.82) is 0 Å². The monoisotopic (exact) mass is 435 g/mol. The van der Waals surface area contributed by atoms with Crippen LogP contribution in [0, 0.1) is 17.8 Å². The van der Waals surface area contributed by atoms with Crippen LogP contribution in [0.3, 0.4) is 0 Å². The van der Waals surface area contributed by atoms with E-state index >= 15 is 0 Å². The number of H-pyrrole nitrogens is 1. The van der Waals surface area contributed by atoms with Gasteiger partial charge in [-0.15, -0.1) is 5.10 Å². The van der Waals surface area contributed by atoms with E-state index < -0.39 is 0 Å². The zero-order chi connectivity index (χ0) is 21.8. The standard InChI is InChI=1S/C24H29N5O3/c30-24(32-16-18-4-2-1-3-5-18)28-11-8-19(9-12-28)22-14-20(22)10-13-31-23-7-6-21(15-25-23)29-17-26-27-29/h1-7,15,17,19-20,22,27H,8-14,16H2/t20-,22-/m1/s1. The van der Waals surface area contributed by atoms with Gasteiger partial charge in [-0.05, 0) is 55.1 Å². The van der Waals surface area contributed by atoms with Crippen LogP contribution in [0.15, 0.2) is 55.0 Å². The van der Waals surface area contributed by atoms with Crippen LogP contribution in [-0.2, 0) is 11.3 Å². The molecule has 1 aromatic carbocycles. The largest absolute Gasteiger partial charge is 0.478 e. The van der Waals surface area contributed by atoms with E-state index in [1.165, 1.54) is 6.42 Å². The lowest BCUT2D eigenvalue weighted by Crippen LogP contribution is -2.39. The molecule has 0 bridgehead atoms. The molecule has 2 aromatic heterocycles. The van der Waals surface area contributed by atoms with E-state index in [1.807, 2.05) is 47.4 Å². The number of amides is 1. The van der Waals surface area contributed by atoms with Gasteiger partial charge in [0.2, 0.25) is 5.88 Å². The molecular formula is C24H29N5O3. The van der Waals surface area contributed by atoms with Crippen LogP contribution >= 0.6 is 0 Å². The molecule has 168 valence electrons. The van der Waals surface area contributed by atoms with Crippen LogP contribution in [-0.4, -0.2) is 50.7 Å². The second-order valence-electron chi connectivity index (χ2n) is 8.73. The topological polar surface area (TPSA) is 85.3 Å². The Morgan fingerprint density at radius 2 is 1.94 bits per heavy atom. The van der Waals surface area contributed by atoms with Crippen molar-refractivity contribution < 1.29 is 14.3 Å². The molecule has 2 fully saturated rings. The number of aromatic amines is 1. The number of benzene rings is 1. The summed E-state index contributed by atoms with van der Waals surface area (Å²) < 4.78 is 13.1. The molecule has 5 rings (SSSR count). The van der Waals surface area contributed by atoms with Gasteiger partial charge in [-0.1, -0.05) is 30.3 Å². The van der Waals surface area contributed by atoms with Gasteiger partial charge in [-0.25, -0.2) is 19.7 Å². The summed E-state index contributed by atoms with van der Waals surface area (Å²) in [6.07, 6.45) is 7.75. The molecule has 1 N–H and O–H groups in total. The minimum atomic E-state index is -0.191. The summed E-state index contributed by atoms with van der Waals surface area (Å²) in [5.41, 5.74) is 1.96. The van der Waals surface area contributed by atoms with Crippen molar-refractivity contribution in [2.45, 2.75) is 32.3 Å². The molecule has 1 aliphatic heterocycles. The fourth-order valence-electron chi connectivity index (χ4n) is 4.66. The smallest absolute Gasteiger partial charge is 0.410 e. The minimum Gasteiger partial charge on any atom is -0.478 e. The third-order valence-electron chi connectivity index (χ3n) is 6.66. The Hall–Kier alpha value is -3.29. The van der Waals surface area contributed by atoms with E-state index in [9.17, 15) is 4.79 Å². The molecule has 3 aromatic rings. The van der Waals surface area contributed by atoms with Crippen molar-refractivity contribution in [2.75, 3.05) is 19.7 Å². The molecule has 0 spiro atoms. The van der Waals surface area contributed by atoms with Crippen molar-refractivity contribution in [3.05, 3.63) is 60.6 Å². The summed E-state index contributed by atoms with van der Waals surface area (Å²) in [7, 11) is 0. The summed E-state index contributed by atoms with van der Waals surface area (Å²) in [6.45, 7) is 2.63. The highest BCUT2D eigenvalue weighted by Crippen LogP contribution is 2.49. The van der Waals surface area contributed by atoms with E-state index in [0.717, 1.165) is 55.4 Å². The summed E-state index contributed by atoms with van der Waals surface area (Å²) in [5.74, 6) is 2.87. The summed E-state index contributed by atoms with van der Waals surface area (Å²) in [4.78, 5) is 18.6. The van der Waals surface area contributed by atoms with Crippen LogP contribution in [0.5, 0.6) is 5.88 Å². The molecule has 1 saturated carbocycles. The molecule has 32 heavy (non-hydrogen) atoms. The number of pyridine rings is 1. The number of nitrogens with one attached hydrogen (secondary N) is 1. The Morgan fingerprint density at radius 1 is 1.12 bits per heavy atom. The third-order valence-corrected chi connectivity index (χ3v) is 6.66. The number of nitrogens with zero attached hydrogens (tertiary/aromatic N) is 4. The Morgan fingerprint density at radius 3 is 2.62 bits per heavy atom. The van der Waals surface area contributed by atoms with E-state index in [-0.39, 0.29) is 6.09 Å². The minimum absolute atomic E-state index is 0.191. The predicted octanol–water partition coefficient (Wildman–Crippen LogP) is 4.05. The number of ether oxygens (including phenoxy) is 2. The van der Waals surface area contributed by atoms with Gasteiger partial charge >= 0.3 is 6.09 Å². The van der Waals surface area contributed by atoms with Gasteiger partial charge in [0, 0.05) is 19.2 Å². The molecule has 2 atom stereocenters. The van der Waals surface area contributed by atoms with E-state index in [0.29, 0.717) is 25.0 Å². The van der Waals surface area contributed by atoms with E-state index in [4.69, 9.17) is 9.47 Å². The lowest BCUT2D eigenvalue weighted by Gasteiger charge is -2.31. The SMILES string of the molecule is O=C(OCc1ccccc1)N1CCC([C@H]2C[C@H]2CCOc2ccc(-n3cn[nH]3)cn2)CC1. The van der Waals surface area contributed by atoms with Crippen LogP contribution in [0.4, 0.5) is 4.79 Å². The zero-order valence-electron chi connectivity index (χ0n) is 18.1. The number of rotatable bonds is 8. The maximum absolute atomic E-state index is 12.4. The van der Waals surface area contributed by atoms with Crippen LogP contribution in [0.2, 0.25) is 0 Å². The lowest BCUT2D eigenvalue weighted by molar-refractivity contribution is 0.0796. The predicted molar refractivity (Wildman–Crippen MR) is 118 cm³/mol. The molecular weight excluding hydrogens is 406 g/mol. The quantitative estimate of drug-likeness (QED) is 0.577. The van der Waals surface area contributed by atoms with Crippen LogP contribution in [0.1, 0.15) is 31.2 Å². The first-order chi connectivity index (χ1) is 15.8. The lowest BCUT2D eigenvalue weighted by atomic mass is 9.91. The van der Waals surface area contributed by atoms with E-state index in [1.54, 1.807) is 17.2 Å². The van der Waals surface area contributed by atoms with Gasteiger partial charge in [-0.3, -0.25) is 0 Å². The maximum Gasteiger partial charge on any atom is 0.410 e. The van der Waals surface area contributed by atoms with Gasteiger partial charge in [-0.2, -0.15) is 0 Å². The molecule has 8 nitrogen and oxygen atoms in total. The molecule has 2 aliphatic rings. The Kier molecular flexibility index (Phi) is 6.09. The molecule has 3 heterocycles. The molecule has 0 unspecified atom stereocenters. The second kappa shape index (κ2) is 9.46. The Balaban J connectivity index is 0.982.